The maximum absolute atomic E-state index is 11.2. The van der Waals surface area contributed by atoms with Gasteiger partial charge in [0.05, 0.1) is 6.61 Å². The highest BCUT2D eigenvalue weighted by atomic mass is 127. The number of nitrogens with zero attached hydrogens (tertiary/aromatic N) is 1. The molecule has 0 aromatic carbocycles. The molecule has 0 heterocycles. The Kier molecular flexibility index (Phi) is 14.7. The number of guanidine groups is 1. The first-order chi connectivity index (χ1) is 10.8. The molecule has 0 unspecified atom stereocenters. The van der Waals surface area contributed by atoms with E-state index in [-0.39, 0.29) is 29.9 Å². The third-order valence-electron chi connectivity index (χ3n) is 4.08. The molecule has 0 aromatic rings. The summed E-state index contributed by atoms with van der Waals surface area (Å²) in [6, 6.07) is 0.588. The van der Waals surface area contributed by atoms with Crippen LogP contribution in [0.5, 0.6) is 0 Å². The molecule has 2 N–H and O–H groups in total. The molecule has 0 aliphatic heterocycles. The molecule has 1 rings (SSSR count). The summed E-state index contributed by atoms with van der Waals surface area (Å²) >= 11 is 0. The summed E-state index contributed by atoms with van der Waals surface area (Å²) in [5.41, 5.74) is 0. The van der Waals surface area contributed by atoms with Crippen LogP contribution in [0.4, 0.5) is 0 Å². The van der Waals surface area contributed by atoms with Crippen molar-refractivity contribution >= 4 is 35.9 Å². The normalized spacial score (nSPS) is 15.7. The Morgan fingerprint density at radius 1 is 1.13 bits per heavy atom. The number of halogens is 1. The minimum absolute atomic E-state index is 0. The van der Waals surface area contributed by atoms with E-state index in [0.29, 0.717) is 19.1 Å². The standard InChI is InChI=1S/C17H33N3O2.HI/c1-3-22-16(21)13-9-4-5-10-14-19-17(18-2)20-15-11-7-6-8-12-15;/h15H,3-14H2,1-2H3,(H2,18,19,20);1H. The second-order valence-corrected chi connectivity index (χ2v) is 5.95. The average Bonchev–Trinajstić information content (AvgIpc) is 2.54. The molecule has 5 nitrogen and oxygen atoms in total. The molecule has 0 spiro atoms. The fourth-order valence-electron chi connectivity index (χ4n) is 2.82. The first-order valence-electron chi connectivity index (χ1n) is 8.89. The van der Waals surface area contributed by atoms with Crippen molar-refractivity contribution < 1.29 is 9.53 Å². The summed E-state index contributed by atoms with van der Waals surface area (Å²) in [6.07, 6.45) is 11.3. The van der Waals surface area contributed by atoms with Gasteiger partial charge in [-0.3, -0.25) is 9.79 Å². The maximum Gasteiger partial charge on any atom is 0.305 e. The Morgan fingerprint density at radius 3 is 2.48 bits per heavy atom. The van der Waals surface area contributed by atoms with Crippen LogP contribution in [0.2, 0.25) is 0 Å². The molecule has 0 amide bonds. The van der Waals surface area contributed by atoms with Gasteiger partial charge in [0.25, 0.3) is 0 Å². The Hall–Kier alpha value is -0.530. The first kappa shape index (κ1) is 22.5. The Bertz CT molecular complexity index is 332. The van der Waals surface area contributed by atoms with Crippen molar-refractivity contribution in [2.75, 3.05) is 20.2 Å². The van der Waals surface area contributed by atoms with Gasteiger partial charge >= 0.3 is 5.97 Å². The van der Waals surface area contributed by atoms with Gasteiger partial charge in [-0.1, -0.05) is 32.1 Å². The number of nitrogens with one attached hydrogen (secondary N) is 2. The van der Waals surface area contributed by atoms with Crippen molar-refractivity contribution in [3.8, 4) is 0 Å². The summed E-state index contributed by atoms with van der Waals surface area (Å²) in [5.74, 6) is 0.858. The van der Waals surface area contributed by atoms with E-state index in [9.17, 15) is 4.79 Å². The smallest absolute Gasteiger partial charge is 0.305 e. The molecule has 23 heavy (non-hydrogen) atoms. The van der Waals surface area contributed by atoms with Gasteiger partial charge in [0.15, 0.2) is 5.96 Å². The number of hydrogen-bond acceptors (Lipinski definition) is 3. The summed E-state index contributed by atoms with van der Waals surface area (Å²) in [5, 5.41) is 6.90. The SMILES string of the molecule is CCOC(=O)CCCCCCNC(=NC)NC1CCCCC1.I. The van der Waals surface area contributed by atoms with E-state index in [4.69, 9.17) is 4.74 Å². The van der Waals surface area contributed by atoms with Crippen LogP contribution in [-0.4, -0.2) is 38.2 Å². The van der Waals surface area contributed by atoms with Crippen LogP contribution in [-0.2, 0) is 9.53 Å². The van der Waals surface area contributed by atoms with Gasteiger partial charge in [-0.25, -0.2) is 0 Å². The molecule has 6 heteroatoms. The van der Waals surface area contributed by atoms with Crippen LogP contribution in [0.25, 0.3) is 0 Å². The largest absolute Gasteiger partial charge is 0.466 e. The molecule has 136 valence electrons. The molecular formula is C17H34IN3O2. The van der Waals surface area contributed by atoms with Crippen molar-refractivity contribution in [1.82, 2.24) is 10.6 Å². The predicted octanol–water partition coefficient (Wildman–Crippen LogP) is 3.62. The number of rotatable bonds is 9. The first-order valence-corrected chi connectivity index (χ1v) is 8.89. The lowest BCUT2D eigenvalue weighted by atomic mass is 9.96. The van der Waals surface area contributed by atoms with Crippen molar-refractivity contribution in [2.45, 2.75) is 77.2 Å². The fourth-order valence-corrected chi connectivity index (χ4v) is 2.82. The molecule has 1 aliphatic carbocycles. The third-order valence-corrected chi connectivity index (χ3v) is 4.08. The average molecular weight is 439 g/mol. The predicted molar refractivity (Wildman–Crippen MR) is 107 cm³/mol. The van der Waals surface area contributed by atoms with Crippen LogP contribution >= 0.6 is 24.0 Å². The Balaban J connectivity index is 0.00000484. The minimum atomic E-state index is -0.0716. The molecule has 0 atom stereocenters. The molecular weight excluding hydrogens is 405 g/mol. The zero-order valence-corrected chi connectivity index (χ0v) is 17.1. The van der Waals surface area contributed by atoms with Gasteiger partial charge in [0, 0.05) is 26.1 Å². The number of esters is 1. The van der Waals surface area contributed by atoms with Crippen molar-refractivity contribution in [1.29, 1.82) is 0 Å². The highest BCUT2D eigenvalue weighted by molar-refractivity contribution is 14.0. The van der Waals surface area contributed by atoms with Crippen LogP contribution in [0.1, 0.15) is 71.1 Å². The van der Waals surface area contributed by atoms with E-state index in [0.717, 1.165) is 38.2 Å². The van der Waals surface area contributed by atoms with Crippen LogP contribution in [0.15, 0.2) is 4.99 Å². The molecule has 0 bridgehead atoms. The zero-order valence-electron chi connectivity index (χ0n) is 14.7. The van der Waals surface area contributed by atoms with Crippen molar-refractivity contribution in [2.24, 2.45) is 4.99 Å². The monoisotopic (exact) mass is 439 g/mol. The minimum Gasteiger partial charge on any atom is -0.466 e. The van der Waals surface area contributed by atoms with Gasteiger partial charge in [-0.15, -0.1) is 24.0 Å². The second kappa shape index (κ2) is 15.0. The number of carbonyl (C=O) groups excluding carboxylic acids is 1. The second-order valence-electron chi connectivity index (χ2n) is 5.95. The zero-order chi connectivity index (χ0) is 16.0. The molecule has 0 saturated heterocycles. The molecule has 0 radical (unpaired) electrons. The number of ether oxygens (including phenoxy) is 1. The quantitative estimate of drug-likeness (QED) is 0.189. The molecule has 1 fully saturated rings. The Labute approximate surface area is 158 Å². The molecule has 1 saturated carbocycles. The van der Waals surface area contributed by atoms with E-state index in [1.807, 2.05) is 14.0 Å². The van der Waals surface area contributed by atoms with E-state index in [1.54, 1.807) is 0 Å². The van der Waals surface area contributed by atoms with E-state index < -0.39 is 0 Å². The van der Waals surface area contributed by atoms with Crippen LogP contribution in [0.3, 0.4) is 0 Å². The molecule has 1 aliphatic rings. The van der Waals surface area contributed by atoms with Crippen molar-refractivity contribution in [3.63, 3.8) is 0 Å². The van der Waals surface area contributed by atoms with Gasteiger partial charge in [-0.2, -0.15) is 0 Å². The summed E-state index contributed by atoms with van der Waals surface area (Å²) < 4.78 is 4.91. The van der Waals surface area contributed by atoms with E-state index in [1.165, 1.54) is 32.1 Å². The van der Waals surface area contributed by atoms with Crippen molar-refractivity contribution in [3.05, 3.63) is 0 Å². The van der Waals surface area contributed by atoms with Gasteiger partial charge < -0.3 is 15.4 Å². The van der Waals surface area contributed by atoms with Gasteiger partial charge in [0.2, 0.25) is 0 Å². The summed E-state index contributed by atoms with van der Waals surface area (Å²) in [7, 11) is 1.83. The Morgan fingerprint density at radius 2 is 1.83 bits per heavy atom. The highest BCUT2D eigenvalue weighted by Crippen LogP contribution is 2.17. The summed E-state index contributed by atoms with van der Waals surface area (Å²) in [6.45, 7) is 3.26. The summed E-state index contributed by atoms with van der Waals surface area (Å²) in [4.78, 5) is 15.5. The molecule has 0 aromatic heterocycles. The van der Waals surface area contributed by atoms with Gasteiger partial charge in [0.1, 0.15) is 0 Å². The topological polar surface area (TPSA) is 62.7 Å². The number of aliphatic imine (C=N–C) groups is 1. The maximum atomic E-state index is 11.2. The van der Waals surface area contributed by atoms with Gasteiger partial charge in [-0.05, 0) is 32.6 Å². The highest BCUT2D eigenvalue weighted by Gasteiger charge is 2.13. The lowest BCUT2D eigenvalue weighted by Gasteiger charge is -2.24. The van der Waals surface area contributed by atoms with Crippen LogP contribution in [0, 0.1) is 0 Å². The van der Waals surface area contributed by atoms with Crippen LogP contribution < -0.4 is 10.6 Å². The fraction of sp³-hybridized carbons (Fsp3) is 0.882. The number of unbranched alkanes of at least 4 members (excludes halogenated alkanes) is 3. The number of carbonyl (C=O) groups is 1. The van der Waals surface area contributed by atoms with E-state index >= 15 is 0 Å². The number of hydrogen-bond donors (Lipinski definition) is 2. The van der Waals surface area contributed by atoms with E-state index in [2.05, 4.69) is 15.6 Å². The lowest BCUT2D eigenvalue weighted by Crippen LogP contribution is -2.44. The third kappa shape index (κ3) is 11.6. The lowest BCUT2D eigenvalue weighted by molar-refractivity contribution is -0.143.